The Kier molecular flexibility index (Phi) is 66.5. The molecule has 0 aromatic heterocycles. The van der Waals surface area contributed by atoms with Crippen LogP contribution in [0.5, 0.6) is 0 Å². The van der Waals surface area contributed by atoms with Crippen molar-refractivity contribution in [2.24, 2.45) is 11.8 Å². The first kappa shape index (κ1) is 93.1. The first-order chi connectivity index (χ1) is 45.9. The number of hydrogen-bond donors (Lipinski definition) is 3. The highest BCUT2D eigenvalue weighted by atomic mass is 31.2. The predicted molar refractivity (Wildman–Crippen MR) is 386 cm³/mol. The van der Waals surface area contributed by atoms with E-state index in [9.17, 15) is 43.2 Å². The van der Waals surface area contributed by atoms with Crippen molar-refractivity contribution in [1.29, 1.82) is 0 Å². The van der Waals surface area contributed by atoms with Crippen molar-refractivity contribution >= 4 is 39.5 Å². The molecule has 0 heterocycles. The molecule has 3 N–H and O–H groups in total. The summed E-state index contributed by atoms with van der Waals surface area (Å²) in [5.74, 6) is -0.616. The number of esters is 4. The molecule has 0 aliphatic heterocycles. The molecule has 0 saturated carbocycles. The van der Waals surface area contributed by atoms with E-state index in [1.807, 2.05) is 0 Å². The Hall–Kier alpha value is -1.94. The van der Waals surface area contributed by atoms with Gasteiger partial charge in [0.15, 0.2) is 12.2 Å². The lowest BCUT2D eigenvalue weighted by Crippen LogP contribution is -2.30. The molecule has 6 atom stereocenters. The summed E-state index contributed by atoms with van der Waals surface area (Å²) in [5.41, 5.74) is 0. The molecule has 3 unspecified atom stereocenters. The number of phosphoric acid groups is 2. The fraction of sp³-hybridized carbons (Fsp3) is 0.947. The number of unbranched alkanes of at least 4 members (excludes halogenated alkanes) is 44. The van der Waals surface area contributed by atoms with Gasteiger partial charge in [0, 0.05) is 25.7 Å². The second-order valence-electron chi connectivity index (χ2n) is 28.1. The van der Waals surface area contributed by atoms with E-state index in [1.165, 1.54) is 212 Å². The van der Waals surface area contributed by atoms with Crippen LogP contribution in [0.15, 0.2) is 0 Å². The number of aliphatic hydroxyl groups excluding tert-OH is 1. The van der Waals surface area contributed by atoms with E-state index in [-0.39, 0.29) is 25.7 Å². The molecule has 0 saturated heterocycles. The summed E-state index contributed by atoms with van der Waals surface area (Å²) in [5, 5.41) is 10.6. The third kappa shape index (κ3) is 69.0. The standard InChI is InChI=1S/C76H148O17P2/c1-7-10-12-14-16-18-19-20-21-22-23-24-25-26-27-28-29-30-36-42-48-54-60-75(80)92-71(64-87-74(79)59-53-47-41-35-32-31-34-39-45-51-57-69(6)9-3)66-90-94(82,83)88-62-70(77)63-89-95(84,85)91-67-72(65-86-73(78)58-52-46-40-33-17-15-13-11-8-2)93-76(81)61-55-49-43-37-38-44-50-56-68(4)5/h68-72,77H,7-67H2,1-6H3,(H,82,83)(H,84,85)/t69?,70-,71-,72-/m1/s1. The van der Waals surface area contributed by atoms with Gasteiger partial charge in [-0.1, -0.05) is 343 Å². The van der Waals surface area contributed by atoms with E-state index in [0.29, 0.717) is 31.6 Å². The molecule has 0 aromatic rings. The van der Waals surface area contributed by atoms with Crippen molar-refractivity contribution in [1.82, 2.24) is 0 Å². The van der Waals surface area contributed by atoms with Crippen LogP contribution in [0.3, 0.4) is 0 Å². The van der Waals surface area contributed by atoms with E-state index in [0.717, 1.165) is 95.8 Å². The molecule has 19 heteroatoms. The third-order valence-electron chi connectivity index (χ3n) is 18.1. The Balaban J connectivity index is 5.17. The molecule has 0 amide bonds. The van der Waals surface area contributed by atoms with Gasteiger partial charge in [0.2, 0.25) is 0 Å². The first-order valence-electron chi connectivity index (χ1n) is 39.5. The van der Waals surface area contributed by atoms with Gasteiger partial charge >= 0.3 is 39.5 Å². The number of carbonyl (C=O) groups is 4. The zero-order chi connectivity index (χ0) is 70.0. The zero-order valence-electron chi connectivity index (χ0n) is 62.0. The number of hydrogen-bond acceptors (Lipinski definition) is 15. The maximum Gasteiger partial charge on any atom is 0.472 e. The summed E-state index contributed by atoms with van der Waals surface area (Å²) < 4.78 is 68.4. The minimum Gasteiger partial charge on any atom is -0.462 e. The highest BCUT2D eigenvalue weighted by Gasteiger charge is 2.30. The van der Waals surface area contributed by atoms with E-state index in [2.05, 4.69) is 41.5 Å². The SMILES string of the molecule is CCCCCCCCCCCCCCCCCCCCCCCCC(=O)O[C@H](COC(=O)CCCCCCCCCCCCC(C)CC)COP(=O)(O)OC[C@@H](O)COP(=O)(O)OC[C@@H](COC(=O)CCCCCCCCCCC)OC(=O)CCCCCCCCCC(C)C. The van der Waals surface area contributed by atoms with Crippen molar-refractivity contribution in [3.05, 3.63) is 0 Å². The molecule has 0 aromatic carbocycles. The smallest absolute Gasteiger partial charge is 0.462 e. The van der Waals surface area contributed by atoms with Gasteiger partial charge in [-0.3, -0.25) is 37.3 Å². The van der Waals surface area contributed by atoms with Gasteiger partial charge in [0.25, 0.3) is 0 Å². The van der Waals surface area contributed by atoms with Gasteiger partial charge in [-0.25, -0.2) is 9.13 Å². The zero-order valence-corrected chi connectivity index (χ0v) is 63.8. The molecule has 0 aliphatic rings. The predicted octanol–water partition coefficient (Wildman–Crippen LogP) is 22.3. The second-order valence-corrected chi connectivity index (χ2v) is 31.0. The Morgan fingerprint density at radius 1 is 0.305 bits per heavy atom. The van der Waals surface area contributed by atoms with Gasteiger partial charge in [-0.15, -0.1) is 0 Å². The average molecular weight is 1400 g/mol. The van der Waals surface area contributed by atoms with Gasteiger partial charge in [-0.05, 0) is 37.5 Å². The molecule has 0 bridgehead atoms. The van der Waals surface area contributed by atoms with Crippen molar-refractivity contribution in [2.75, 3.05) is 39.6 Å². The molecule has 17 nitrogen and oxygen atoms in total. The number of aliphatic hydroxyl groups is 1. The largest absolute Gasteiger partial charge is 0.472 e. The summed E-state index contributed by atoms with van der Waals surface area (Å²) in [6.45, 7) is 9.53. The van der Waals surface area contributed by atoms with Crippen molar-refractivity contribution in [2.45, 2.75) is 413 Å². The molecule has 0 spiro atoms. The first-order valence-corrected chi connectivity index (χ1v) is 42.5. The van der Waals surface area contributed by atoms with E-state index in [4.69, 9.17) is 37.0 Å². The van der Waals surface area contributed by atoms with Crippen LogP contribution in [0.4, 0.5) is 0 Å². The van der Waals surface area contributed by atoms with Crippen LogP contribution in [-0.2, 0) is 65.4 Å². The Bertz CT molecular complexity index is 1840. The van der Waals surface area contributed by atoms with Crippen LogP contribution in [-0.4, -0.2) is 96.7 Å². The van der Waals surface area contributed by atoms with Gasteiger partial charge in [-0.2, -0.15) is 0 Å². The monoisotopic (exact) mass is 1400 g/mol. The number of ether oxygens (including phenoxy) is 4. The number of rotatable bonds is 75. The van der Waals surface area contributed by atoms with Crippen molar-refractivity contribution in [3.8, 4) is 0 Å². The average Bonchev–Trinajstić information content (AvgIpc) is 2.25. The molecule has 95 heavy (non-hydrogen) atoms. The normalized spacial score (nSPS) is 14.3. The van der Waals surface area contributed by atoms with Crippen LogP contribution in [0.1, 0.15) is 395 Å². The lowest BCUT2D eigenvalue weighted by atomic mass is 9.99. The van der Waals surface area contributed by atoms with Crippen LogP contribution in [0, 0.1) is 11.8 Å². The minimum absolute atomic E-state index is 0.104. The van der Waals surface area contributed by atoms with E-state index in [1.54, 1.807) is 0 Å². The van der Waals surface area contributed by atoms with Gasteiger partial charge in [0.1, 0.15) is 19.3 Å². The molecule has 0 rings (SSSR count). The quantitative estimate of drug-likeness (QED) is 0.0222. The fourth-order valence-corrected chi connectivity index (χ4v) is 13.2. The number of phosphoric ester groups is 2. The van der Waals surface area contributed by atoms with Crippen molar-refractivity contribution in [3.63, 3.8) is 0 Å². The summed E-state index contributed by atoms with van der Waals surface area (Å²) in [6, 6.07) is 0. The highest BCUT2D eigenvalue weighted by Crippen LogP contribution is 2.45. The summed E-state index contributed by atoms with van der Waals surface area (Å²) in [7, 11) is -9.91. The van der Waals surface area contributed by atoms with Crippen LogP contribution < -0.4 is 0 Å². The molecule has 564 valence electrons. The summed E-state index contributed by atoms with van der Waals surface area (Å²) in [4.78, 5) is 72.7. The molecular formula is C76H148O17P2. The fourth-order valence-electron chi connectivity index (χ4n) is 11.6. The van der Waals surface area contributed by atoms with Crippen LogP contribution >= 0.6 is 15.6 Å². The lowest BCUT2D eigenvalue weighted by Gasteiger charge is -2.21. The van der Waals surface area contributed by atoms with Crippen molar-refractivity contribution < 1.29 is 80.2 Å². The Morgan fingerprint density at radius 3 is 0.800 bits per heavy atom. The van der Waals surface area contributed by atoms with Crippen LogP contribution in [0.25, 0.3) is 0 Å². The Labute approximate surface area is 581 Å². The van der Waals surface area contributed by atoms with Crippen LogP contribution in [0.2, 0.25) is 0 Å². The van der Waals surface area contributed by atoms with E-state index < -0.39 is 97.5 Å². The maximum atomic E-state index is 13.1. The molecule has 0 radical (unpaired) electrons. The molecular weight excluding hydrogens is 1250 g/mol. The number of carbonyl (C=O) groups excluding carboxylic acids is 4. The second kappa shape index (κ2) is 67.9. The molecule has 0 aliphatic carbocycles. The molecule has 0 fully saturated rings. The topological polar surface area (TPSA) is 237 Å². The summed E-state index contributed by atoms with van der Waals surface area (Å²) in [6.07, 6.45) is 55.7. The minimum atomic E-state index is -4.96. The third-order valence-corrected chi connectivity index (χ3v) is 20.0. The van der Waals surface area contributed by atoms with Gasteiger partial charge < -0.3 is 33.8 Å². The highest BCUT2D eigenvalue weighted by molar-refractivity contribution is 7.47. The lowest BCUT2D eigenvalue weighted by molar-refractivity contribution is -0.161. The Morgan fingerprint density at radius 2 is 0.537 bits per heavy atom. The van der Waals surface area contributed by atoms with E-state index >= 15 is 0 Å². The van der Waals surface area contributed by atoms with Gasteiger partial charge in [0.05, 0.1) is 26.4 Å². The maximum absolute atomic E-state index is 13.1. The summed E-state index contributed by atoms with van der Waals surface area (Å²) >= 11 is 0.